The molecule has 3 aromatic rings. The Labute approximate surface area is 123 Å². The Morgan fingerprint density at radius 3 is 2.76 bits per heavy atom. The molecule has 1 atom stereocenters. The molecule has 0 spiro atoms. The van der Waals surface area contributed by atoms with E-state index in [2.05, 4.69) is 20.5 Å². The molecular weight excluding hydrogens is 264 g/mol. The number of para-hydroxylation sites is 2. The van der Waals surface area contributed by atoms with Crippen molar-refractivity contribution in [2.45, 2.75) is 18.9 Å². The lowest BCUT2D eigenvalue weighted by atomic mass is 10.1. The van der Waals surface area contributed by atoms with Gasteiger partial charge in [-0.25, -0.2) is 4.98 Å². The Balaban J connectivity index is 1.77. The number of rotatable bonds is 5. The molecule has 0 radical (unpaired) electrons. The highest BCUT2D eigenvalue weighted by atomic mass is 15.2. The van der Waals surface area contributed by atoms with Gasteiger partial charge in [0, 0.05) is 13.2 Å². The maximum atomic E-state index is 5.68. The monoisotopic (exact) mass is 282 g/mol. The molecule has 0 amide bonds. The van der Waals surface area contributed by atoms with Crippen LogP contribution >= 0.6 is 0 Å². The van der Waals surface area contributed by atoms with E-state index in [0.717, 1.165) is 29.6 Å². The van der Waals surface area contributed by atoms with Crippen molar-refractivity contribution < 1.29 is 0 Å². The maximum absolute atomic E-state index is 5.68. The molecule has 108 valence electrons. The van der Waals surface area contributed by atoms with E-state index in [0.29, 0.717) is 0 Å². The van der Waals surface area contributed by atoms with Gasteiger partial charge in [0.15, 0.2) is 0 Å². The zero-order valence-electron chi connectivity index (χ0n) is 11.9. The first kappa shape index (κ1) is 13.7. The van der Waals surface area contributed by atoms with Crippen molar-refractivity contribution >= 4 is 11.0 Å². The summed E-state index contributed by atoms with van der Waals surface area (Å²) in [6, 6.07) is 7.80. The van der Waals surface area contributed by atoms with Crippen molar-refractivity contribution in [2.24, 2.45) is 12.9 Å². The highest BCUT2D eigenvalue weighted by molar-refractivity contribution is 5.73. The van der Waals surface area contributed by atoms with E-state index in [1.807, 2.05) is 43.7 Å². The number of aromatic nitrogens is 4. The number of fused-ring (bicyclic) bond motifs is 1. The molecule has 2 heterocycles. The van der Waals surface area contributed by atoms with Crippen LogP contribution in [0.3, 0.4) is 0 Å². The first-order chi connectivity index (χ1) is 10.3. The molecule has 1 aromatic carbocycles. The van der Waals surface area contributed by atoms with Crippen LogP contribution < -0.4 is 11.3 Å². The number of nitrogens with two attached hydrogens (primary N) is 1. The number of hydrogen-bond donors (Lipinski definition) is 2. The molecule has 0 aliphatic carbocycles. The first-order valence-corrected chi connectivity index (χ1v) is 6.91. The van der Waals surface area contributed by atoms with E-state index in [-0.39, 0.29) is 6.04 Å². The molecule has 6 nitrogen and oxygen atoms in total. The Morgan fingerprint density at radius 2 is 2.05 bits per heavy atom. The van der Waals surface area contributed by atoms with Gasteiger partial charge in [-0.15, -0.1) is 0 Å². The van der Waals surface area contributed by atoms with Gasteiger partial charge in [-0.3, -0.25) is 20.9 Å². The van der Waals surface area contributed by atoms with Crippen LogP contribution in [0.15, 0.2) is 42.9 Å². The molecule has 6 heteroatoms. The van der Waals surface area contributed by atoms with E-state index in [4.69, 9.17) is 5.84 Å². The third-order valence-corrected chi connectivity index (χ3v) is 3.51. The van der Waals surface area contributed by atoms with Gasteiger partial charge in [0.25, 0.3) is 0 Å². The molecule has 0 bridgehead atoms. The number of benzene rings is 1. The third-order valence-electron chi connectivity index (χ3n) is 3.51. The minimum Gasteiger partial charge on any atom is -0.276 e. The number of nitrogens with zero attached hydrogens (tertiary/aromatic N) is 4. The van der Waals surface area contributed by atoms with E-state index in [1.54, 1.807) is 10.9 Å². The van der Waals surface area contributed by atoms with Crippen LogP contribution in [0.5, 0.6) is 0 Å². The Bertz CT molecular complexity index is 736. The third kappa shape index (κ3) is 3.07. The molecule has 21 heavy (non-hydrogen) atoms. The normalized spacial score (nSPS) is 12.7. The van der Waals surface area contributed by atoms with Crippen molar-refractivity contribution in [3.8, 4) is 0 Å². The standard InChI is InChI=1S/C15H18N6/c1-21-10-11(8-18-21)6-7-14(20-16)15-9-17-12-4-2-3-5-13(12)19-15/h2-5,8-10,14,20H,6-7,16H2,1H3. The molecular formula is C15H18N6. The second kappa shape index (κ2) is 5.99. The van der Waals surface area contributed by atoms with Crippen molar-refractivity contribution in [3.05, 3.63) is 54.1 Å². The molecule has 0 saturated heterocycles. The van der Waals surface area contributed by atoms with Crippen LogP contribution in [0.25, 0.3) is 11.0 Å². The Hall–Kier alpha value is -2.31. The average Bonchev–Trinajstić information content (AvgIpc) is 2.93. The number of aryl methyl sites for hydroxylation is 2. The number of hydrazine groups is 1. The van der Waals surface area contributed by atoms with Crippen molar-refractivity contribution in [1.29, 1.82) is 0 Å². The summed E-state index contributed by atoms with van der Waals surface area (Å²) in [7, 11) is 1.91. The van der Waals surface area contributed by atoms with E-state index in [9.17, 15) is 0 Å². The minimum absolute atomic E-state index is 0.0256. The van der Waals surface area contributed by atoms with Crippen molar-refractivity contribution in [3.63, 3.8) is 0 Å². The van der Waals surface area contributed by atoms with E-state index >= 15 is 0 Å². The lowest BCUT2D eigenvalue weighted by Crippen LogP contribution is -2.29. The Kier molecular flexibility index (Phi) is 3.89. The quantitative estimate of drug-likeness (QED) is 0.547. The Morgan fingerprint density at radius 1 is 1.24 bits per heavy atom. The van der Waals surface area contributed by atoms with Gasteiger partial charge in [0.05, 0.1) is 35.2 Å². The molecule has 0 fully saturated rings. The highest BCUT2D eigenvalue weighted by Crippen LogP contribution is 2.18. The summed E-state index contributed by atoms with van der Waals surface area (Å²) < 4.78 is 1.80. The predicted molar refractivity (Wildman–Crippen MR) is 81.1 cm³/mol. The van der Waals surface area contributed by atoms with Crippen LogP contribution in [0.1, 0.15) is 23.7 Å². The van der Waals surface area contributed by atoms with Crippen LogP contribution in [0.4, 0.5) is 0 Å². The summed E-state index contributed by atoms with van der Waals surface area (Å²) in [4.78, 5) is 9.07. The second-order valence-corrected chi connectivity index (χ2v) is 5.06. The molecule has 3 rings (SSSR count). The van der Waals surface area contributed by atoms with Gasteiger partial charge in [0.2, 0.25) is 0 Å². The molecule has 0 aliphatic heterocycles. The molecule has 0 aliphatic rings. The van der Waals surface area contributed by atoms with E-state index < -0.39 is 0 Å². The first-order valence-electron chi connectivity index (χ1n) is 6.91. The summed E-state index contributed by atoms with van der Waals surface area (Å²) in [5.41, 5.74) is 6.66. The molecule has 1 unspecified atom stereocenters. The van der Waals surface area contributed by atoms with Crippen LogP contribution in [0.2, 0.25) is 0 Å². The van der Waals surface area contributed by atoms with Gasteiger partial charge in [-0.05, 0) is 30.5 Å². The van der Waals surface area contributed by atoms with Gasteiger partial charge in [0.1, 0.15) is 0 Å². The van der Waals surface area contributed by atoms with Crippen LogP contribution in [0, 0.1) is 0 Å². The predicted octanol–water partition coefficient (Wildman–Crippen LogP) is 1.50. The maximum Gasteiger partial charge on any atom is 0.0890 e. The topological polar surface area (TPSA) is 81.7 Å². The molecule has 3 N–H and O–H groups in total. The zero-order chi connectivity index (χ0) is 14.7. The zero-order valence-corrected chi connectivity index (χ0v) is 11.9. The summed E-state index contributed by atoms with van der Waals surface area (Å²) in [6.07, 6.45) is 7.40. The SMILES string of the molecule is Cn1cc(CCC(NN)c2cnc3ccccc3n2)cn1. The number of hydrogen-bond acceptors (Lipinski definition) is 5. The fraction of sp³-hybridized carbons (Fsp3) is 0.267. The summed E-state index contributed by atoms with van der Waals surface area (Å²) >= 11 is 0. The molecule has 0 saturated carbocycles. The van der Waals surface area contributed by atoms with E-state index in [1.165, 1.54) is 5.56 Å². The van der Waals surface area contributed by atoms with Crippen molar-refractivity contribution in [1.82, 2.24) is 25.2 Å². The summed E-state index contributed by atoms with van der Waals surface area (Å²) in [6.45, 7) is 0. The van der Waals surface area contributed by atoms with Gasteiger partial charge in [-0.1, -0.05) is 12.1 Å². The van der Waals surface area contributed by atoms with Gasteiger partial charge < -0.3 is 0 Å². The fourth-order valence-electron chi connectivity index (χ4n) is 2.37. The summed E-state index contributed by atoms with van der Waals surface area (Å²) in [5, 5.41) is 4.17. The lowest BCUT2D eigenvalue weighted by Gasteiger charge is -2.14. The van der Waals surface area contributed by atoms with Crippen LogP contribution in [-0.2, 0) is 13.5 Å². The average molecular weight is 282 g/mol. The van der Waals surface area contributed by atoms with Crippen LogP contribution in [-0.4, -0.2) is 19.7 Å². The minimum atomic E-state index is -0.0256. The smallest absolute Gasteiger partial charge is 0.0890 e. The van der Waals surface area contributed by atoms with Gasteiger partial charge in [-0.2, -0.15) is 5.10 Å². The lowest BCUT2D eigenvalue weighted by molar-refractivity contribution is 0.504. The van der Waals surface area contributed by atoms with Gasteiger partial charge >= 0.3 is 0 Å². The largest absolute Gasteiger partial charge is 0.276 e. The summed E-state index contributed by atoms with van der Waals surface area (Å²) in [5.74, 6) is 5.68. The molecule has 2 aromatic heterocycles. The number of nitrogens with one attached hydrogen (secondary N) is 1. The second-order valence-electron chi connectivity index (χ2n) is 5.06. The fourth-order valence-corrected chi connectivity index (χ4v) is 2.37. The highest BCUT2D eigenvalue weighted by Gasteiger charge is 2.13. The van der Waals surface area contributed by atoms with Crippen molar-refractivity contribution in [2.75, 3.05) is 0 Å².